The first-order valence-electron chi connectivity index (χ1n) is 0.289. The van der Waals surface area contributed by atoms with Crippen LogP contribution in [0.3, 0.4) is 0 Å². The zero-order chi connectivity index (χ0) is 2.00. The molecule has 1 nitrogen and oxygen atoms in total. The van der Waals surface area contributed by atoms with Gasteiger partial charge in [0.25, 0.3) is 0 Å². The topological polar surface area (TPSA) is 17.1 Å². The molecule has 0 rings (SSSR count). The molecule has 0 aliphatic carbocycles. The van der Waals surface area contributed by atoms with Crippen molar-refractivity contribution >= 4 is 51.9 Å². The Kier molecular flexibility index (Phi) is 126. The van der Waals surface area contributed by atoms with Gasteiger partial charge in [-0.2, -0.15) is 0 Å². The molecule has 4 heteroatoms. The third-order valence-electron chi connectivity index (χ3n) is 0. The Bertz CT molecular complexity index is 8.00. The molecule has 0 heterocycles. The van der Waals surface area contributed by atoms with E-state index in [9.17, 15) is 0 Å². The van der Waals surface area contributed by atoms with E-state index in [0.29, 0.717) is 16.2 Å². The van der Waals surface area contributed by atoms with Crippen LogP contribution in [-0.2, 0) is 3.80 Å². The Morgan fingerprint density at radius 2 is 1.25 bits per heavy atom. The van der Waals surface area contributed by atoms with E-state index < -0.39 is 0 Å². The maximum atomic E-state index is 8.28. The first kappa shape index (κ1) is 18.4. The second-order valence-corrected chi connectivity index (χ2v) is 0. The van der Waals surface area contributed by atoms with Crippen LogP contribution in [0.2, 0.25) is 0 Å². The quantitative estimate of drug-likeness (QED) is 0.460. The molecule has 19 valence electrons. The van der Waals surface area contributed by atoms with Gasteiger partial charge in [-0.05, 0) is 0 Å². The summed E-state index contributed by atoms with van der Waals surface area (Å²) in [5.74, 6) is 0. The molecular formula is H3AlBOPb. The standard InChI is InChI=1S/Al.B.O.Pb.3H. The van der Waals surface area contributed by atoms with Gasteiger partial charge in [0.05, 0.1) is 0 Å². The fourth-order valence-electron chi connectivity index (χ4n) is 0. The molecule has 0 amide bonds. The fraction of sp³-hybridized carbons (Fsp3) is 0. The van der Waals surface area contributed by atoms with Crippen LogP contribution in [0.1, 0.15) is 0 Å². The zero-order valence-electron chi connectivity index (χ0n) is 2.40. The molecule has 0 spiro atoms. The van der Waals surface area contributed by atoms with E-state index in [4.69, 9.17) is 3.80 Å². The Morgan fingerprint density at radius 3 is 1.25 bits per heavy atom. The Labute approximate surface area is 55.5 Å². The molecule has 0 saturated carbocycles. The van der Waals surface area contributed by atoms with Gasteiger partial charge < -0.3 is 0 Å². The first-order valence-corrected chi connectivity index (χ1v) is 0.866. The molecular weight excluding hydrogens is 261 g/mol. The van der Waals surface area contributed by atoms with E-state index in [1.807, 2.05) is 0 Å². The summed E-state index contributed by atoms with van der Waals surface area (Å²) in [4.78, 5) is 0. The molecule has 0 N–H and O–H groups in total. The van der Waals surface area contributed by atoms with Gasteiger partial charge in [0.15, 0.2) is 0 Å². The minimum absolute atomic E-state index is 0. The van der Waals surface area contributed by atoms with Gasteiger partial charge in [0.2, 0.25) is 0 Å². The van der Waals surface area contributed by atoms with Crippen molar-refractivity contribution in [3.63, 3.8) is 0 Å². The van der Waals surface area contributed by atoms with Crippen molar-refractivity contribution in [1.29, 1.82) is 0 Å². The second kappa shape index (κ2) is 27.3. The van der Waals surface area contributed by atoms with Gasteiger partial charge in [-0.25, -0.2) is 0 Å². The molecule has 0 atom stereocenters. The fourth-order valence-corrected chi connectivity index (χ4v) is 0. The predicted octanol–water partition coefficient (Wildman–Crippen LogP) is -2.06. The van der Waals surface area contributed by atoms with Crippen molar-refractivity contribution in [3.8, 4) is 0 Å². The maximum absolute atomic E-state index is 8.28. The van der Waals surface area contributed by atoms with Gasteiger partial charge >= 0.3 is 47.3 Å². The molecule has 0 fully saturated rings. The summed E-state index contributed by atoms with van der Waals surface area (Å²) >= 11 is 0.611. The molecule has 0 aromatic rings. The van der Waals surface area contributed by atoms with Crippen molar-refractivity contribution in [2.24, 2.45) is 0 Å². The van der Waals surface area contributed by atoms with Crippen LogP contribution in [-0.4, -0.2) is 51.9 Å². The van der Waals surface area contributed by atoms with Crippen molar-refractivity contribution < 1.29 is 3.80 Å². The van der Waals surface area contributed by atoms with Gasteiger partial charge in [0.1, 0.15) is 0 Å². The zero-order valence-corrected chi connectivity index (χ0v) is 9.31. The molecule has 0 aromatic heterocycles. The van der Waals surface area contributed by atoms with Crippen LogP contribution in [0, 0.1) is 0 Å². The van der Waals surface area contributed by atoms with Gasteiger partial charge in [0, 0.05) is 8.41 Å². The molecule has 0 aromatic carbocycles. The SMILES string of the molecule is [B].[O]=[AlH].[PbH2]. The molecule has 5 radical (unpaired) electrons. The molecule has 0 unspecified atom stereocenters. The average molecular weight is 264 g/mol. The van der Waals surface area contributed by atoms with Gasteiger partial charge in [-0.1, -0.05) is 0 Å². The molecule has 0 bridgehead atoms. The van der Waals surface area contributed by atoms with Crippen LogP contribution in [0.15, 0.2) is 0 Å². The van der Waals surface area contributed by atoms with Crippen LogP contribution < -0.4 is 0 Å². The molecule has 4 heavy (non-hydrogen) atoms. The summed E-state index contributed by atoms with van der Waals surface area (Å²) < 4.78 is 8.28. The third kappa shape index (κ3) is 10.3. The number of hydrogen-bond acceptors (Lipinski definition) is 1. The summed E-state index contributed by atoms with van der Waals surface area (Å²) in [5, 5.41) is 0. The monoisotopic (exact) mass is 265 g/mol. The van der Waals surface area contributed by atoms with Gasteiger partial charge in [-0.15, -0.1) is 0 Å². The Balaban J connectivity index is -0.00000000500. The molecule has 0 saturated heterocycles. The van der Waals surface area contributed by atoms with E-state index >= 15 is 0 Å². The van der Waals surface area contributed by atoms with Crippen molar-refractivity contribution in [2.75, 3.05) is 0 Å². The van der Waals surface area contributed by atoms with E-state index in [1.54, 1.807) is 0 Å². The predicted molar refractivity (Wildman–Crippen MR) is 22.1 cm³/mol. The molecule has 0 aliphatic rings. The number of hydrogen-bond donors (Lipinski definition) is 0. The minimum atomic E-state index is 0. The average Bonchev–Trinajstić information content (AvgIpc) is 1.00. The van der Waals surface area contributed by atoms with E-state index in [1.165, 1.54) is 0 Å². The normalized spacial score (nSPS) is 0.750. The number of rotatable bonds is 0. The summed E-state index contributed by atoms with van der Waals surface area (Å²) in [7, 11) is 0. The van der Waals surface area contributed by atoms with Crippen LogP contribution in [0.25, 0.3) is 0 Å². The summed E-state index contributed by atoms with van der Waals surface area (Å²) in [6.07, 6.45) is 0. The Morgan fingerprint density at radius 1 is 1.25 bits per heavy atom. The van der Waals surface area contributed by atoms with Crippen LogP contribution in [0.4, 0.5) is 0 Å². The van der Waals surface area contributed by atoms with Crippen LogP contribution in [0.5, 0.6) is 0 Å². The van der Waals surface area contributed by atoms with E-state index in [2.05, 4.69) is 0 Å². The second-order valence-electron chi connectivity index (χ2n) is 0. The van der Waals surface area contributed by atoms with Crippen molar-refractivity contribution in [2.45, 2.75) is 0 Å². The summed E-state index contributed by atoms with van der Waals surface area (Å²) in [6.45, 7) is 0. The summed E-state index contributed by atoms with van der Waals surface area (Å²) in [6, 6.07) is 0. The van der Waals surface area contributed by atoms with Crippen molar-refractivity contribution in [1.82, 2.24) is 0 Å². The van der Waals surface area contributed by atoms with Gasteiger partial charge in [-0.3, -0.25) is 0 Å². The van der Waals surface area contributed by atoms with Crippen LogP contribution >= 0.6 is 0 Å². The Hall–Kier alpha value is 1.32. The third-order valence-corrected chi connectivity index (χ3v) is 0. The van der Waals surface area contributed by atoms with E-state index in [0.717, 1.165) is 0 Å². The summed E-state index contributed by atoms with van der Waals surface area (Å²) in [5.41, 5.74) is 0. The van der Waals surface area contributed by atoms with E-state index in [-0.39, 0.29) is 35.7 Å². The molecule has 0 aliphatic heterocycles. The first-order chi connectivity index (χ1) is 1.00. The van der Waals surface area contributed by atoms with Crippen molar-refractivity contribution in [3.05, 3.63) is 0 Å².